The molecule has 1 unspecified atom stereocenters. The molecule has 0 rings (SSSR count). The van der Waals surface area contributed by atoms with Gasteiger partial charge in [0.25, 0.3) is 0 Å². The molecule has 0 aromatic rings. The van der Waals surface area contributed by atoms with Gasteiger partial charge in [-0.25, -0.2) is 4.79 Å². The summed E-state index contributed by atoms with van der Waals surface area (Å²) in [5.41, 5.74) is -0.792. The van der Waals surface area contributed by atoms with Crippen molar-refractivity contribution in [2.45, 2.75) is 18.5 Å². The average molecular weight is 261 g/mol. The Morgan fingerprint density at radius 3 is 1.78 bits per heavy atom. The average Bonchev–Trinajstić information content (AvgIpc) is 2.21. The number of carboxylic acids is 4. The molecule has 9 nitrogen and oxygen atoms in total. The van der Waals surface area contributed by atoms with Gasteiger partial charge in [-0.05, 0) is 0 Å². The van der Waals surface area contributed by atoms with Crippen LogP contribution in [0.1, 0.15) is 6.42 Å². The third-order valence-corrected chi connectivity index (χ3v) is 1.91. The van der Waals surface area contributed by atoms with Gasteiger partial charge in [0, 0.05) is 0 Å². The number of hydrogen-bond acceptors (Lipinski definition) is 5. The molecule has 0 aromatic carbocycles. The minimum absolute atomic E-state index is 0.792. The summed E-state index contributed by atoms with van der Waals surface area (Å²) in [5.74, 6) is -6.38. The molecule has 100 valence electrons. The Morgan fingerprint density at radius 1 is 1.00 bits per heavy atom. The lowest BCUT2D eigenvalue weighted by molar-refractivity contribution is -0.148. The van der Waals surface area contributed by atoms with Gasteiger partial charge in [-0.1, -0.05) is 6.58 Å². The maximum absolute atomic E-state index is 10.8. The van der Waals surface area contributed by atoms with Crippen LogP contribution in [0.2, 0.25) is 0 Å². The molecule has 0 aliphatic carbocycles. The maximum atomic E-state index is 10.8. The molecule has 0 aromatic heterocycles. The highest BCUT2D eigenvalue weighted by atomic mass is 16.4. The lowest BCUT2D eigenvalue weighted by atomic mass is 10.1. The van der Waals surface area contributed by atoms with Crippen molar-refractivity contribution in [1.29, 1.82) is 0 Å². The monoisotopic (exact) mass is 261 g/mol. The molecule has 0 saturated carbocycles. The van der Waals surface area contributed by atoms with Gasteiger partial charge >= 0.3 is 23.9 Å². The van der Waals surface area contributed by atoms with Crippen LogP contribution in [0, 0.1) is 0 Å². The van der Waals surface area contributed by atoms with Gasteiger partial charge in [0.15, 0.2) is 0 Å². The van der Waals surface area contributed by atoms with Crippen LogP contribution in [-0.2, 0) is 19.2 Å². The molecule has 0 saturated heterocycles. The third-order valence-electron chi connectivity index (χ3n) is 1.91. The van der Waals surface area contributed by atoms with Gasteiger partial charge in [-0.3, -0.25) is 19.7 Å². The van der Waals surface area contributed by atoms with E-state index >= 15 is 0 Å². The highest BCUT2D eigenvalue weighted by Crippen LogP contribution is 2.04. The van der Waals surface area contributed by atoms with E-state index in [1.54, 1.807) is 0 Å². The topological polar surface area (TPSA) is 161 Å². The van der Waals surface area contributed by atoms with E-state index in [-0.39, 0.29) is 0 Å². The predicted molar refractivity (Wildman–Crippen MR) is 55.0 cm³/mol. The third kappa shape index (κ3) is 4.61. The van der Waals surface area contributed by atoms with Gasteiger partial charge in [-0.2, -0.15) is 0 Å². The minimum Gasteiger partial charge on any atom is -0.481 e. The normalized spacial score (nSPS) is 13.3. The van der Waals surface area contributed by atoms with Crippen LogP contribution in [0.3, 0.4) is 0 Å². The van der Waals surface area contributed by atoms with E-state index in [1.807, 2.05) is 5.32 Å². The number of rotatable bonds is 8. The Morgan fingerprint density at radius 2 is 1.50 bits per heavy atom. The fraction of sp³-hybridized carbons (Fsp3) is 0.333. The van der Waals surface area contributed by atoms with Crippen molar-refractivity contribution in [3.8, 4) is 0 Å². The van der Waals surface area contributed by atoms with Crippen molar-refractivity contribution in [1.82, 2.24) is 5.32 Å². The second-order valence-electron chi connectivity index (χ2n) is 3.26. The molecule has 18 heavy (non-hydrogen) atoms. The van der Waals surface area contributed by atoms with Crippen LogP contribution < -0.4 is 5.32 Å². The molecule has 0 bridgehead atoms. The number of hydrogen-bond donors (Lipinski definition) is 5. The molecular formula is C9H11NO8. The zero-order chi connectivity index (χ0) is 14.5. The summed E-state index contributed by atoms with van der Waals surface area (Å²) in [7, 11) is 0. The minimum atomic E-state index is -1.89. The van der Waals surface area contributed by atoms with Gasteiger partial charge in [0.1, 0.15) is 12.1 Å². The predicted octanol–water partition coefficient (Wildman–Crippen LogP) is -1.40. The smallest absolute Gasteiger partial charge is 0.333 e. The summed E-state index contributed by atoms with van der Waals surface area (Å²) in [6.07, 6.45) is -0.897. The van der Waals surface area contributed by atoms with E-state index in [1.165, 1.54) is 0 Å². The van der Waals surface area contributed by atoms with Crippen LogP contribution in [0.15, 0.2) is 12.2 Å². The van der Waals surface area contributed by atoms with E-state index in [0.29, 0.717) is 0 Å². The van der Waals surface area contributed by atoms with Crippen molar-refractivity contribution >= 4 is 23.9 Å². The van der Waals surface area contributed by atoms with Crippen LogP contribution in [0.4, 0.5) is 0 Å². The van der Waals surface area contributed by atoms with E-state index < -0.39 is 48.0 Å². The highest BCUT2D eigenvalue weighted by Gasteiger charge is 2.31. The Bertz CT molecular complexity index is 401. The second-order valence-corrected chi connectivity index (χ2v) is 3.26. The Balaban J connectivity index is 4.99. The lowest BCUT2D eigenvalue weighted by Crippen LogP contribution is -2.49. The molecule has 0 radical (unpaired) electrons. The van der Waals surface area contributed by atoms with Crippen molar-refractivity contribution in [2.75, 3.05) is 0 Å². The first kappa shape index (κ1) is 15.6. The summed E-state index contributed by atoms with van der Waals surface area (Å²) in [6, 6.07) is -3.62. The standard InChI is InChI=1S/C9H11NO8/c1-3(7(13)14)6(9(17)18)10-4(8(15)16)2-5(11)12/h4,6,10H,1-2H2,(H,11,12)(H,13,14)(H,15,16)(H,17,18)/t4-,6?/m0/s1. The summed E-state index contributed by atoms with van der Waals surface area (Å²) < 4.78 is 0. The number of nitrogens with one attached hydrogen (secondary N) is 1. The van der Waals surface area contributed by atoms with Crippen molar-refractivity contribution in [3.63, 3.8) is 0 Å². The van der Waals surface area contributed by atoms with Gasteiger partial charge < -0.3 is 20.4 Å². The van der Waals surface area contributed by atoms with E-state index in [2.05, 4.69) is 6.58 Å². The van der Waals surface area contributed by atoms with Crippen molar-refractivity contribution in [2.24, 2.45) is 0 Å². The first-order valence-electron chi connectivity index (χ1n) is 4.52. The quantitative estimate of drug-likeness (QED) is 0.331. The molecule has 0 amide bonds. The second kappa shape index (κ2) is 6.35. The molecule has 2 atom stereocenters. The Kier molecular flexibility index (Phi) is 5.49. The molecule has 0 fully saturated rings. The maximum Gasteiger partial charge on any atom is 0.333 e. The fourth-order valence-electron chi connectivity index (χ4n) is 1.04. The summed E-state index contributed by atoms with van der Waals surface area (Å²) in [6.45, 7) is 2.98. The van der Waals surface area contributed by atoms with Gasteiger partial charge in [-0.15, -0.1) is 0 Å². The van der Waals surface area contributed by atoms with Crippen molar-refractivity contribution < 1.29 is 39.6 Å². The zero-order valence-electron chi connectivity index (χ0n) is 8.99. The van der Waals surface area contributed by atoms with Crippen LogP contribution in [0.25, 0.3) is 0 Å². The molecule has 0 heterocycles. The van der Waals surface area contributed by atoms with Crippen LogP contribution in [-0.4, -0.2) is 56.4 Å². The molecule has 0 aliphatic heterocycles. The van der Waals surface area contributed by atoms with E-state index in [9.17, 15) is 19.2 Å². The summed E-state index contributed by atoms with van der Waals surface area (Å²) in [4.78, 5) is 42.4. The SMILES string of the molecule is C=C(C(=O)O)C(N[C@@H](CC(=O)O)C(=O)O)C(=O)O. The fourth-order valence-corrected chi connectivity index (χ4v) is 1.04. The largest absolute Gasteiger partial charge is 0.481 e. The zero-order valence-corrected chi connectivity index (χ0v) is 8.99. The first-order valence-corrected chi connectivity index (χ1v) is 4.52. The number of carboxylic acid groups (broad SMARTS) is 4. The van der Waals surface area contributed by atoms with Gasteiger partial charge in [0.2, 0.25) is 0 Å². The van der Waals surface area contributed by atoms with Crippen LogP contribution >= 0.6 is 0 Å². The van der Waals surface area contributed by atoms with Crippen LogP contribution in [0.5, 0.6) is 0 Å². The first-order chi connectivity index (χ1) is 8.16. The lowest BCUT2D eigenvalue weighted by Gasteiger charge is -2.18. The Labute approximate surface area is 100 Å². The molecular weight excluding hydrogens is 250 g/mol. The Hall–Kier alpha value is -2.42. The summed E-state index contributed by atoms with van der Waals surface area (Å²) >= 11 is 0. The summed E-state index contributed by atoms with van der Waals surface area (Å²) in [5, 5.41) is 36.3. The number of aliphatic carboxylic acids is 4. The number of carbonyl (C=O) groups is 4. The van der Waals surface area contributed by atoms with Crippen molar-refractivity contribution in [3.05, 3.63) is 12.2 Å². The molecule has 5 N–H and O–H groups in total. The van der Waals surface area contributed by atoms with E-state index in [4.69, 9.17) is 20.4 Å². The molecule has 0 spiro atoms. The molecule has 9 heteroatoms. The van der Waals surface area contributed by atoms with E-state index in [0.717, 1.165) is 0 Å². The molecule has 0 aliphatic rings. The van der Waals surface area contributed by atoms with Gasteiger partial charge in [0.05, 0.1) is 12.0 Å². The highest BCUT2D eigenvalue weighted by molar-refractivity contribution is 5.96.